The van der Waals surface area contributed by atoms with Crippen molar-refractivity contribution >= 4 is 5.97 Å². The molecule has 10 atom stereocenters. The van der Waals surface area contributed by atoms with Crippen molar-refractivity contribution in [1.29, 1.82) is 0 Å². The van der Waals surface area contributed by atoms with Gasteiger partial charge in [-0.15, -0.1) is 4.91 Å². The molecule has 0 heterocycles. The molecule has 0 aromatic carbocycles. The summed E-state index contributed by atoms with van der Waals surface area (Å²) in [5.41, 5.74) is 0.397. The molecule has 0 aliphatic heterocycles. The maximum Gasteiger partial charge on any atom is 0.302 e. The van der Waals surface area contributed by atoms with Crippen LogP contribution in [0.4, 0.5) is 0 Å². The number of carbonyl (C=O) groups excluding carboxylic acids is 1. The molecule has 4 saturated carbocycles. The first-order valence-corrected chi connectivity index (χ1v) is 15.4. The Bertz CT molecular complexity index is 856. The summed E-state index contributed by atoms with van der Waals surface area (Å²) in [4.78, 5) is 29.4. The van der Waals surface area contributed by atoms with E-state index in [-0.39, 0.29) is 39.8 Å². The van der Waals surface area contributed by atoms with Crippen molar-refractivity contribution in [2.45, 2.75) is 139 Å². The first-order chi connectivity index (χ1) is 17.2. The van der Waals surface area contributed by atoms with Gasteiger partial charge in [0.15, 0.2) is 5.34 Å². The first-order valence-electron chi connectivity index (χ1n) is 15.4. The molecule has 0 saturated heterocycles. The molecule has 0 amide bonds. The second-order valence-corrected chi connectivity index (χ2v) is 15.4. The first kappa shape index (κ1) is 28.9. The van der Waals surface area contributed by atoms with Gasteiger partial charge in [0.2, 0.25) is 0 Å². The standard InChI is InChI=1S/C32H55NO4/c1-20(2)11-10-12-21(3)23-13-18-32(9)28-24(14-17-31(23,32)8)30(7)16-15-27(36-22(4)34)29(5,6)26(30)19-25(28)37-33-35/h20-21,23-28H,10-19H2,1-9H3/t21-,23-,24?,25-,26+,27+,28?,30-,31-,32+/m1/s1. The van der Waals surface area contributed by atoms with Crippen LogP contribution in [0.25, 0.3) is 0 Å². The lowest BCUT2D eigenvalue weighted by atomic mass is 9.37. The molecule has 212 valence electrons. The number of nitrogens with zero attached hydrogens (tertiary/aromatic N) is 1. The highest BCUT2D eigenvalue weighted by Crippen LogP contribution is 2.75. The minimum atomic E-state index is -0.196. The normalized spacial score (nSPS) is 45.4. The molecule has 5 nitrogen and oxygen atoms in total. The highest BCUT2D eigenvalue weighted by molar-refractivity contribution is 5.66. The lowest BCUT2D eigenvalue weighted by molar-refractivity contribution is -0.246. The zero-order chi connectivity index (χ0) is 27.4. The third-order valence-electron chi connectivity index (χ3n) is 13.0. The monoisotopic (exact) mass is 517 g/mol. The molecule has 0 bridgehead atoms. The van der Waals surface area contributed by atoms with Gasteiger partial charge in [-0.3, -0.25) is 4.79 Å². The van der Waals surface area contributed by atoms with Crippen molar-refractivity contribution in [3.05, 3.63) is 4.91 Å². The molecule has 5 heteroatoms. The van der Waals surface area contributed by atoms with Gasteiger partial charge in [-0.1, -0.05) is 74.7 Å². The second-order valence-electron chi connectivity index (χ2n) is 15.4. The van der Waals surface area contributed by atoms with Crippen molar-refractivity contribution in [3.8, 4) is 0 Å². The van der Waals surface area contributed by atoms with Crippen LogP contribution in [0.2, 0.25) is 0 Å². The van der Waals surface area contributed by atoms with E-state index >= 15 is 0 Å². The molecule has 4 aliphatic rings. The lowest BCUT2D eigenvalue weighted by Gasteiger charge is -2.68. The maximum absolute atomic E-state index is 11.9. The van der Waals surface area contributed by atoms with Gasteiger partial charge in [0, 0.05) is 18.3 Å². The third kappa shape index (κ3) is 4.56. The Balaban J connectivity index is 1.65. The van der Waals surface area contributed by atoms with Crippen LogP contribution in [0.1, 0.15) is 127 Å². The highest BCUT2D eigenvalue weighted by atomic mass is 16.7. The summed E-state index contributed by atoms with van der Waals surface area (Å²) >= 11 is 0. The molecule has 2 unspecified atom stereocenters. The van der Waals surface area contributed by atoms with E-state index in [1.54, 1.807) is 0 Å². The Labute approximate surface area is 226 Å². The molecule has 4 rings (SSSR count). The van der Waals surface area contributed by atoms with E-state index in [1.165, 1.54) is 51.9 Å². The van der Waals surface area contributed by atoms with E-state index in [4.69, 9.17) is 9.57 Å². The van der Waals surface area contributed by atoms with Gasteiger partial charge in [0.05, 0.1) is 0 Å². The molecule has 0 aromatic rings. The second kappa shape index (κ2) is 10.1. The van der Waals surface area contributed by atoms with E-state index in [9.17, 15) is 9.70 Å². The maximum atomic E-state index is 11.9. The summed E-state index contributed by atoms with van der Waals surface area (Å²) in [6.07, 6.45) is 11.5. The predicted octanol–water partition coefficient (Wildman–Crippen LogP) is 8.74. The van der Waals surface area contributed by atoms with E-state index in [2.05, 4.69) is 60.7 Å². The Kier molecular flexibility index (Phi) is 7.90. The van der Waals surface area contributed by atoms with Crippen molar-refractivity contribution in [2.75, 3.05) is 0 Å². The molecule has 4 fully saturated rings. The van der Waals surface area contributed by atoms with Gasteiger partial charge < -0.3 is 9.57 Å². The topological polar surface area (TPSA) is 65.0 Å². The number of hydrogen-bond donors (Lipinski definition) is 0. The zero-order valence-electron chi connectivity index (χ0n) is 25.3. The van der Waals surface area contributed by atoms with Crippen molar-refractivity contribution in [3.63, 3.8) is 0 Å². The van der Waals surface area contributed by atoms with Crippen molar-refractivity contribution in [1.82, 2.24) is 0 Å². The lowest BCUT2D eigenvalue weighted by Crippen LogP contribution is -2.65. The van der Waals surface area contributed by atoms with E-state index in [1.807, 2.05) is 0 Å². The minimum Gasteiger partial charge on any atom is -0.462 e. The summed E-state index contributed by atoms with van der Waals surface area (Å²) < 4.78 is 5.86. The fraction of sp³-hybridized carbons (Fsp3) is 0.969. The fourth-order valence-corrected chi connectivity index (χ4v) is 11.0. The smallest absolute Gasteiger partial charge is 0.302 e. The van der Waals surface area contributed by atoms with Gasteiger partial charge in [-0.2, -0.15) is 0 Å². The summed E-state index contributed by atoms with van der Waals surface area (Å²) in [5, 5.41) is 3.07. The Morgan fingerprint density at radius 1 is 0.946 bits per heavy atom. The van der Waals surface area contributed by atoms with Gasteiger partial charge >= 0.3 is 5.97 Å². The Hall–Kier alpha value is -1.13. The average molecular weight is 518 g/mol. The number of ether oxygens (including phenoxy) is 1. The SMILES string of the molecule is CC(=O)O[C@H]1CC[C@]2(C)C3CC[C@]4(C)[C@@H]([C@H](C)CCCC(C)C)CC[C@@]4(C)C3[C@H](ON=O)C[C@H]2C1(C)C. The van der Waals surface area contributed by atoms with Gasteiger partial charge in [0.1, 0.15) is 12.2 Å². The average Bonchev–Trinajstić information content (AvgIpc) is 3.08. The summed E-state index contributed by atoms with van der Waals surface area (Å²) in [6, 6.07) is 0. The molecule has 0 N–H and O–H groups in total. The van der Waals surface area contributed by atoms with E-state index in [0.717, 1.165) is 37.0 Å². The fourth-order valence-electron chi connectivity index (χ4n) is 11.0. The van der Waals surface area contributed by atoms with Crippen molar-refractivity contribution in [2.24, 2.45) is 62.5 Å². The quantitative estimate of drug-likeness (QED) is 0.183. The summed E-state index contributed by atoms with van der Waals surface area (Å²) in [7, 11) is 0. The number of rotatable bonds is 8. The molecule has 0 aromatic heterocycles. The minimum absolute atomic E-state index is 0.0866. The van der Waals surface area contributed by atoms with Crippen LogP contribution >= 0.6 is 0 Å². The van der Waals surface area contributed by atoms with E-state index in [0.29, 0.717) is 17.8 Å². The Morgan fingerprint density at radius 3 is 2.24 bits per heavy atom. The number of fused-ring (bicyclic) bond motifs is 5. The van der Waals surface area contributed by atoms with Crippen LogP contribution in [0.3, 0.4) is 0 Å². The molecular formula is C32H55NO4. The van der Waals surface area contributed by atoms with Crippen molar-refractivity contribution < 1.29 is 14.4 Å². The number of carbonyl (C=O) groups is 1. The van der Waals surface area contributed by atoms with Crippen LogP contribution in [-0.2, 0) is 14.4 Å². The van der Waals surface area contributed by atoms with Crippen LogP contribution < -0.4 is 0 Å². The van der Waals surface area contributed by atoms with Crippen LogP contribution in [0.15, 0.2) is 5.34 Å². The van der Waals surface area contributed by atoms with Crippen LogP contribution in [-0.4, -0.2) is 18.2 Å². The van der Waals surface area contributed by atoms with Crippen LogP contribution in [0.5, 0.6) is 0 Å². The Morgan fingerprint density at radius 2 is 1.62 bits per heavy atom. The molecular weight excluding hydrogens is 462 g/mol. The number of hydrogen-bond acceptors (Lipinski definition) is 5. The largest absolute Gasteiger partial charge is 0.462 e. The van der Waals surface area contributed by atoms with Gasteiger partial charge in [-0.25, -0.2) is 0 Å². The predicted molar refractivity (Wildman–Crippen MR) is 148 cm³/mol. The zero-order valence-corrected chi connectivity index (χ0v) is 25.3. The molecule has 0 radical (unpaired) electrons. The number of esters is 1. The van der Waals surface area contributed by atoms with Gasteiger partial charge in [-0.05, 0) is 90.8 Å². The summed E-state index contributed by atoms with van der Waals surface area (Å²) in [5.74, 6) is 3.22. The molecule has 4 aliphatic carbocycles. The molecule has 0 spiro atoms. The highest BCUT2D eigenvalue weighted by Gasteiger charge is 2.70. The molecule has 37 heavy (non-hydrogen) atoms. The van der Waals surface area contributed by atoms with Crippen LogP contribution in [0, 0.1) is 62.1 Å². The van der Waals surface area contributed by atoms with E-state index < -0.39 is 0 Å². The third-order valence-corrected chi connectivity index (χ3v) is 13.0. The van der Waals surface area contributed by atoms with Gasteiger partial charge in [0.25, 0.3) is 0 Å². The summed E-state index contributed by atoms with van der Waals surface area (Å²) in [6.45, 7) is 20.9.